The number of aromatic nitrogens is 2. The molecule has 1 unspecified atom stereocenters. The number of hydrogen-bond donors (Lipinski definition) is 0. The minimum absolute atomic E-state index is 0.134. The molecule has 1 fully saturated rings. The molecule has 0 bridgehead atoms. The molecular weight excluding hydrogens is 271 g/mol. The Morgan fingerprint density at radius 2 is 1.95 bits per heavy atom. The summed E-state index contributed by atoms with van der Waals surface area (Å²) in [7, 11) is 0. The van der Waals surface area contributed by atoms with Gasteiger partial charge in [-0.05, 0) is 43.4 Å². The van der Waals surface area contributed by atoms with Crippen molar-refractivity contribution < 1.29 is 0 Å². The first-order chi connectivity index (χ1) is 10.6. The standard InChI is InChI=1S/C17H21BN4/c1-12(2)18(11-19)14-8-9-22(10-14)17-7-6-15-16(21-17)5-4-13(3)20-15/h4-7,12,14H,8-10H2,1-3H3. The highest BCUT2D eigenvalue weighted by Gasteiger charge is 2.35. The van der Waals surface area contributed by atoms with E-state index in [-0.39, 0.29) is 6.71 Å². The van der Waals surface area contributed by atoms with Crippen molar-refractivity contribution in [3.63, 3.8) is 0 Å². The zero-order chi connectivity index (χ0) is 15.7. The molecule has 0 aliphatic carbocycles. The highest BCUT2D eigenvalue weighted by molar-refractivity contribution is 6.69. The van der Waals surface area contributed by atoms with E-state index in [2.05, 4.69) is 29.7 Å². The van der Waals surface area contributed by atoms with Crippen molar-refractivity contribution in [3.8, 4) is 5.97 Å². The van der Waals surface area contributed by atoms with Crippen molar-refractivity contribution in [2.45, 2.75) is 38.8 Å². The minimum Gasteiger partial charge on any atom is -0.357 e. The molecule has 1 atom stereocenters. The van der Waals surface area contributed by atoms with E-state index in [9.17, 15) is 5.26 Å². The van der Waals surface area contributed by atoms with Gasteiger partial charge in [-0.15, -0.1) is 0 Å². The Kier molecular flexibility index (Phi) is 4.02. The van der Waals surface area contributed by atoms with Gasteiger partial charge in [0.05, 0.1) is 11.0 Å². The molecule has 2 aromatic heterocycles. The molecule has 0 aromatic carbocycles. The van der Waals surface area contributed by atoms with Gasteiger partial charge in [-0.1, -0.05) is 19.7 Å². The zero-order valence-electron chi connectivity index (χ0n) is 13.5. The third-order valence-corrected chi connectivity index (χ3v) is 4.59. The van der Waals surface area contributed by atoms with E-state index in [1.807, 2.05) is 31.2 Å². The number of nitriles is 1. The fourth-order valence-electron chi connectivity index (χ4n) is 3.36. The summed E-state index contributed by atoms with van der Waals surface area (Å²) in [6.07, 6.45) is 1.07. The maximum atomic E-state index is 9.39. The molecule has 3 rings (SSSR count). The quantitative estimate of drug-likeness (QED) is 0.813. The van der Waals surface area contributed by atoms with Gasteiger partial charge in [-0.25, -0.2) is 10.2 Å². The number of hydrogen-bond acceptors (Lipinski definition) is 4. The van der Waals surface area contributed by atoms with Crippen LogP contribution in [0.15, 0.2) is 24.3 Å². The lowest BCUT2D eigenvalue weighted by Gasteiger charge is -2.20. The van der Waals surface area contributed by atoms with Crippen molar-refractivity contribution in [1.29, 1.82) is 5.26 Å². The van der Waals surface area contributed by atoms with Crippen LogP contribution in [0.25, 0.3) is 11.0 Å². The molecule has 0 radical (unpaired) electrons. The van der Waals surface area contributed by atoms with Gasteiger partial charge < -0.3 is 4.90 Å². The zero-order valence-corrected chi connectivity index (χ0v) is 13.5. The molecule has 5 heteroatoms. The van der Waals surface area contributed by atoms with E-state index < -0.39 is 0 Å². The molecule has 4 nitrogen and oxygen atoms in total. The number of nitrogens with zero attached hydrogens (tertiary/aromatic N) is 4. The van der Waals surface area contributed by atoms with Gasteiger partial charge in [-0.3, -0.25) is 4.98 Å². The van der Waals surface area contributed by atoms with Crippen molar-refractivity contribution in [3.05, 3.63) is 30.0 Å². The fraction of sp³-hybridized carbons (Fsp3) is 0.471. The van der Waals surface area contributed by atoms with Gasteiger partial charge in [0.2, 0.25) is 0 Å². The predicted molar refractivity (Wildman–Crippen MR) is 91.3 cm³/mol. The molecule has 22 heavy (non-hydrogen) atoms. The van der Waals surface area contributed by atoms with Gasteiger partial charge in [0.25, 0.3) is 6.71 Å². The molecule has 0 amide bonds. The average molecular weight is 292 g/mol. The number of pyridine rings is 2. The number of aryl methyl sites for hydroxylation is 1. The number of rotatable bonds is 3. The molecule has 112 valence electrons. The Morgan fingerprint density at radius 3 is 2.68 bits per heavy atom. The Morgan fingerprint density at radius 1 is 1.23 bits per heavy atom. The van der Waals surface area contributed by atoms with E-state index in [4.69, 9.17) is 4.98 Å². The van der Waals surface area contributed by atoms with E-state index >= 15 is 0 Å². The Balaban J connectivity index is 1.81. The fourth-order valence-corrected chi connectivity index (χ4v) is 3.36. The van der Waals surface area contributed by atoms with E-state index in [1.165, 1.54) is 0 Å². The molecule has 2 aromatic rings. The van der Waals surface area contributed by atoms with Crippen LogP contribution in [0.4, 0.5) is 5.82 Å². The molecule has 0 saturated carbocycles. The van der Waals surface area contributed by atoms with Crippen LogP contribution >= 0.6 is 0 Å². The molecule has 0 N–H and O–H groups in total. The predicted octanol–water partition coefficient (Wildman–Crippen LogP) is 3.49. The largest absolute Gasteiger partial charge is 0.357 e. The molecule has 1 aliphatic heterocycles. The van der Waals surface area contributed by atoms with Crippen LogP contribution in [0.3, 0.4) is 0 Å². The normalized spacial score (nSPS) is 18.0. The molecule has 1 aliphatic rings. The lowest BCUT2D eigenvalue weighted by Crippen LogP contribution is -2.27. The van der Waals surface area contributed by atoms with Crippen LogP contribution in [0.2, 0.25) is 11.6 Å². The maximum Gasteiger partial charge on any atom is 0.275 e. The van der Waals surface area contributed by atoms with Crippen LogP contribution in [0.5, 0.6) is 0 Å². The van der Waals surface area contributed by atoms with E-state index in [0.717, 1.165) is 42.1 Å². The Labute approximate surface area is 132 Å². The lowest BCUT2D eigenvalue weighted by atomic mass is 9.35. The van der Waals surface area contributed by atoms with Gasteiger partial charge in [0.1, 0.15) is 5.82 Å². The summed E-state index contributed by atoms with van der Waals surface area (Å²) in [6, 6.07) is 8.12. The van der Waals surface area contributed by atoms with Crippen LogP contribution < -0.4 is 4.90 Å². The third kappa shape index (κ3) is 2.78. The van der Waals surface area contributed by atoms with Crippen molar-refractivity contribution in [1.82, 2.24) is 9.97 Å². The molecule has 1 saturated heterocycles. The second kappa shape index (κ2) is 5.96. The monoisotopic (exact) mass is 292 g/mol. The van der Waals surface area contributed by atoms with Crippen LogP contribution in [0, 0.1) is 18.2 Å². The average Bonchev–Trinajstić information content (AvgIpc) is 2.96. The second-order valence-electron chi connectivity index (χ2n) is 6.55. The third-order valence-electron chi connectivity index (χ3n) is 4.59. The van der Waals surface area contributed by atoms with Crippen LogP contribution in [-0.2, 0) is 0 Å². The van der Waals surface area contributed by atoms with Gasteiger partial charge in [0.15, 0.2) is 0 Å². The van der Waals surface area contributed by atoms with E-state index in [1.54, 1.807) is 0 Å². The first-order valence-corrected chi connectivity index (χ1v) is 7.97. The van der Waals surface area contributed by atoms with Crippen molar-refractivity contribution in [2.24, 2.45) is 0 Å². The SMILES string of the molecule is Cc1ccc2nc(N3CCC(B(C#N)C(C)C)C3)ccc2n1. The van der Waals surface area contributed by atoms with E-state index in [0.29, 0.717) is 11.6 Å². The second-order valence-corrected chi connectivity index (χ2v) is 6.55. The topological polar surface area (TPSA) is 52.8 Å². The minimum atomic E-state index is 0.134. The smallest absolute Gasteiger partial charge is 0.275 e. The summed E-state index contributed by atoms with van der Waals surface area (Å²) in [5.74, 6) is 4.35. The molecular formula is C17H21BN4. The highest BCUT2D eigenvalue weighted by Crippen LogP contribution is 2.32. The van der Waals surface area contributed by atoms with Crippen molar-refractivity contribution >= 4 is 23.6 Å². The summed E-state index contributed by atoms with van der Waals surface area (Å²) in [4.78, 5) is 11.5. The van der Waals surface area contributed by atoms with Gasteiger partial charge >= 0.3 is 0 Å². The Hall–Kier alpha value is -2.09. The van der Waals surface area contributed by atoms with Gasteiger partial charge in [-0.2, -0.15) is 0 Å². The first kappa shape index (κ1) is 14.8. The molecule has 0 spiro atoms. The lowest BCUT2D eigenvalue weighted by molar-refractivity contribution is 0.877. The number of anilines is 1. The Bertz CT molecular complexity index is 722. The summed E-state index contributed by atoms with van der Waals surface area (Å²) in [6.45, 7) is 8.31. The van der Waals surface area contributed by atoms with Crippen LogP contribution in [0.1, 0.15) is 26.0 Å². The summed E-state index contributed by atoms with van der Waals surface area (Å²) >= 11 is 0. The first-order valence-electron chi connectivity index (χ1n) is 7.97. The number of fused-ring (bicyclic) bond motifs is 1. The summed E-state index contributed by atoms with van der Waals surface area (Å²) < 4.78 is 0. The molecule has 3 heterocycles. The van der Waals surface area contributed by atoms with Crippen molar-refractivity contribution in [2.75, 3.05) is 18.0 Å². The summed E-state index contributed by atoms with van der Waals surface area (Å²) in [5.41, 5.74) is 2.89. The summed E-state index contributed by atoms with van der Waals surface area (Å²) in [5, 5.41) is 9.39. The highest BCUT2D eigenvalue weighted by atomic mass is 15.2. The maximum absolute atomic E-state index is 9.39. The van der Waals surface area contributed by atoms with Gasteiger partial charge in [0, 0.05) is 24.8 Å². The van der Waals surface area contributed by atoms with Crippen LogP contribution in [-0.4, -0.2) is 29.8 Å².